The van der Waals surface area contributed by atoms with Crippen molar-refractivity contribution in [1.82, 2.24) is 24.8 Å². The second kappa shape index (κ2) is 11.8. The number of hydrogen-bond donors (Lipinski definition) is 1. The van der Waals surface area contributed by atoms with Gasteiger partial charge in [-0.15, -0.1) is 0 Å². The molecule has 1 aliphatic heterocycles. The number of benzene rings is 1. The molecule has 0 radical (unpaired) electrons. The summed E-state index contributed by atoms with van der Waals surface area (Å²) in [5.41, 5.74) is 5.39. The smallest absolute Gasteiger partial charge is 0.355 e. The predicted molar refractivity (Wildman–Crippen MR) is 166 cm³/mol. The Hall–Kier alpha value is -4.31. The summed E-state index contributed by atoms with van der Waals surface area (Å²) in [7, 11) is 3.06. The molecule has 2 fully saturated rings. The topological polar surface area (TPSA) is 111 Å². The fourth-order valence-electron chi connectivity index (χ4n) is 6.07. The number of carbonyl (C=O) groups is 1. The number of piperazine rings is 1. The second-order valence-corrected chi connectivity index (χ2v) is 11.7. The normalized spacial score (nSPS) is 17.0. The molecule has 1 N–H and O–H groups in total. The molecule has 43 heavy (non-hydrogen) atoms. The minimum Gasteiger partial charge on any atom is -0.496 e. The number of ether oxygens (including phenoxy) is 2. The van der Waals surface area contributed by atoms with Gasteiger partial charge < -0.3 is 19.7 Å². The number of methoxy groups -OCH3 is 2. The molecule has 10 nitrogen and oxygen atoms in total. The molecule has 4 aromatic rings. The zero-order chi connectivity index (χ0) is 30.2. The van der Waals surface area contributed by atoms with Crippen molar-refractivity contribution in [2.24, 2.45) is 0 Å². The van der Waals surface area contributed by atoms with Crippen LogP contribution in [0.2, 0.25) is 0 Å². The van der Waals surface area contributed by atoms with Crippen molar-refractivity contribution in [1.29, 1.82) is 0 Å². The first kappa shape index (κ1) is 28.8. The van der Waals surface area contributed by atoms with E-state index in [4.69, 9.17) is 19.4 Å². The van der Waals surface area contributed by atoms with Gasteiger partial charge in [-0.25, -0.2) is 14.3 Å². The van der Waals surface area contributed by atoms with Crippen LogP contribution in [0.5, 0.6) is 5.75 Å². The van der Waals surface area contributed by atoms with E-state index < -0.39 is 5.69 Å². The molecule has 0 bridgehead atoms. The van der Waals surface area contributed by atoms with Crippen molar-refractivity contribution in [3.63, 3.8) is 0 Å². The maximum atomic E-state index is 14.2. The zero-order valence-electron chi connectivity index (χ0n) is 25.4. The lowest BCUT2D eigenvalue weighted by molar-refractivity contribution is -0.141. The molecular formula is C33H38N6O4. The number of esters is 1. The van der Waals surface area contributed by atoms with E-state index in [0.29, 0.717) is 42.7 Å². The van der Waals surface area contributed by atoms with Gasteiger partial charge in [0.05, 0.1) is 43.1 Å². The van der Waals surface area contributed by atoms with E-state index in [1.165, 1.54) is 7.11 Å². The third kappa shape index (κ3) is 5.47. The van der Waals surface area contributed by atoms with Crippen LogP contribution in [-0.2, 0) is 9.53 Å². The molecule has 4 heterocycles. The van der Waals surface area contributed by atoms with E-state index in [9.17, 15) is 9.59 Å². The average molecular weight is 583 g/mol. The molecule has 3 aromatic heterocycles. The fourth-order valence-corrected chi connectivity index (χ4v) is 6.07. The van der Waals surface area contributed by atoms with E-state index in [0.717, 1.165) is 52.1 Å². The number of rotatable bonds is 8. The Balaban J connectivity index is 1.65. The SMILES string of the molecule is COC(=O)C[C@@H]1CN(c2nc(=O)n(-c3c(C)ccnc3C(C)C)c3nc(-c4ccccc4OC)c(C4CC4)cc23)CCN1. The fraction of sp³-hybridized carbons (Fsp3) is 0.424. The molecular weight excluding hydrogens is 544 g/mol. The Morgan fingerprint density at radius 3 is 2.65 bits per heavy atom. The lowest BCUT2D eigenvalue weighted by Gasteiger charge is -2.34. The van der Waals surface area contributed by atoms with Crippen LogP contribution >= 0.6 is 0 Å². The van der Waals surface area contributed by atoms with E-state index >= 15 is 0 Å². The number of anilines is 1. The van der Waals surface area contributed by atoms with Crippen LogP contribution in [-0.4, -0.2) is 65.4 Å². The summed E-state index contributed by atoms with van der Waals surface area (Å²) in [4.78, 5) is 43.1. The third-order valence-electron chi connectivity index (χ3n) is 8.38. The molecule has 1 saturated heterocycles. The minimum absolute atomic E-state index is 0.0724. The van der Waals surface area contributed by atoms with Crippen molar-refractivity contribution in [3.05, 3.63) is 69.9 Å². The average Bonchev–Trinajstić information content (AvgIpc) is 3.86. The van der Waals surface area contributed by atoms with Crippen molar-refractivity contribution < 1.29 is 14.3 Å². The van der Waals surface area contributed by atoms with Gasteiger partial charge in [-0.2, -0.15) is 4.98 Å². The van der Waals surface area contributed by atoms with Crippen LogP contribution in [0.3, 0.4) is 0 Å². The molecule has 1 saturated carbocycles. The summed E-state index contributed by atoms with van der Waals surface area (Å²) in [6, 6.07) is 11.9. The highest BCUT2D eigenvalue weighted by Gasteiger charge is 2.32. The van der Waals surface area contributed by atoms with Crippen LogP contribution in [0.15, 0.2) is 47.4 Å². The molecule has 1 aliphatic carbocycles. The first-order chi connectivity index (χ1) is 20.8. The Kier molecular flexibility index (Phi) is 7.87. The van der Waals surface area contributed by atoms with Crippen LogP contribution in [0, 0.1) is 6.92 Å². The third-order valence-corrected chi connectivity index (χ3v) is 8.38. The second-order valence-electron chi connectivity index (χ2n) is 11.7. The summed E-state index contributed by atoms with van der Waals surface area (Å²) in [6.45, 7) is 7.93. The Morgan fingerprint density at radius 2 is 1.93 bits per heavy atom. The molecule has 224 valence electrons. The van der Waals surface area contributed by atoms with Gasteiger partial charge in [0.2, 0.25) is 0 Å². The van der Waals surface area contributed by atoms with Crippen LogP contribution in [0.25, 0.3) is 28.0 Å². The van der Waals surface area contributed by atoms with E-state index in [1.807, 2.05) is 37.3 Å². The monoisotopic (exact) mass is 582 g/mol. The van der Waals surface area contributed by atoms with E-state index in [2.05, 4.69) is 35.1 Å². The van der Waals surface area contributed by atoms with Gasteiger partial charge in [-0.3, -0.25) is 9.78 Å². The van der Waals surface area contributed by atoms with E-state index in [-0.39, 0.29) is 24.3 Å². The maximum absolute atomic E-state index is 14.2. The number of nitrogens with one attached hydrogen (secondary N) is 1. The number of para-hydroxylation sites is 1. The summed E-state index contributed by atoms with van der Waals surface area (Å²) in [5, 5.41) is 4.21. The maximum Gasteiger partial charge on any atom is 0.355 e. The number of carbonyl (C=O) groups excluding carboxylic acids is 1. The lowest BCUT2D eigenvalue weighted by atomic mass is 9.99. The number of fused-ring (bicyclic) bond motifs is 1. The first-order valence-electron chi connectivity index (χ1n) is 14.9. The van der Waals surface area contributed by atoms with Crippen molar-refractivity contribution in [3.8, 4) is 22.7 Å². The largest absolute Gasteiger partial charge is 0.496 e. The molecule has 2 aliphatic rings. The van der Waals surface area contributed by atoms with Gasteiger partial charge in [-0.1, -0.05) is 26.0 Å². The number of aromatic nitrogens is 4. The number of nitrogens with zero attached hydrogens (tertiary/aromatic N) is 5. The van der Waals surface area contributed by atoms with Crippen molar-refractivity contribution in [2.75, 3.05) is 38.8 Å². The Labute approximate surface area is 251 Å². The highest BCUT2D eigenvalue weighted by molar-refractivity contribution is 5.92. The molecule has 10 heteroatoms. The minimum atomic E-state index is -0.416. The van der Waals surface area contributed by atoms with Crippen molar-refractivity contribution >= 4 is 22.8 Å². The van der Waals surface area contributed by atoms with E-state index in [1.54, 1.807) is 17.9 Å². The van der Waals surface area contributed by atoms with Gasteiger partial charge in [0.1, 0.15) is 11.6 Å². The van der Waals surface area contributed by atoms with Crippen LogP contribution in [0.1, 0.15) is 61.8 Å². The number of pyridine rings is 2. The Bertz CT molecular complexity index is 1750. The van der Waals surface area contributed by atoms with Gasteiger partial charge in [-0.05, 0) is 67.0 Å². The molecule has 0 unspecified atom stereocenters. The van der Waals surface area contributed by atoms with Gasteiger partial charge in [0.15, 0.2) is 5.65 Å². The van der Waals surface area contributed by atoms with Crippen LogP contribution in [0.4, 0.5) is 5.82 Å². The summed E-state index contributed by atoms with van der Waals surface area (Å²) in [5.74, 6) is 1.48. The molecule has 0 spiro atoms. The Morgan fingerprint density at radius 1 is 1.14 bits per heavy atom. The lowest BCUT2D eigenvalue weighted by Crippen LogP contribution is -2.52. The first-order valence-corrected chi connectivity index (χ1v) is 14.9. The molecule has 1 atom stereocenters. The molecule has 1 aromatic carbocycles. The van der Waals surface area contributed by atoms with Gasteiger partial charge in [0.25, 0.3) is 0 Å². The summed E-state index contributed by atoms with van der Waals surface area (Å²) < 4.78 is 12.3. The predicted octanol–water partition coefficient (Wildman–Crippen LogP) is 4.50. The summed E-state index contributed by atoms with van der Waals surface area (Å²) >= 11 is 0. The number of hydrogen-bond acceptors (Lipinski definition) is 9. The quantitative estimate of drug-likeness (QED) is 0.300. The highest BCUT2D eigenvalue weighted by Crippen LogP contribution is 2.47. The highest BCUT2D eigenvalue weighted by atomic mass is 16.5. The van der Waals surface area contributed by atoms with Crippen LogP contribution < -0.4 is 20.6 Å². The standard InChI is InChI=1S/C33H38N6O4/c1-19(2)28-30(20(3)12-13-35-28)39-32-25(31(37-33(39)41)38-15-14-34-22(18-38)16-27(40)43-5)17-24(21-10-11-21)29(36-32)23-8-6-7-9-26(23)42-4/h6-9,12-13,17,19,21-22,34H,10-11,14-16,18H2,1-5H3/t22-/m1/s1. The van der Waals surface area contributed by atoms with Crippen molar-refractivity contribution in [2.45, 2.75) is 57.9 Å². The molecule has 0 amide bonds. The number of aryl methyl sites for hydroxylation is 1. The summed E-state index contributed by atoms with van der Waals surface area (Å²) in [6.07, 6.45) is 4.17. The van der Waals surface area contributed by atoms with Gasteiger partial charge in [0, 0.05) is 37.4 Å². The zero-order valence-corrected chi connectivity index (χ0v) is 25.4. The molecule has 6 rings (SSSR count). The van der Waals surface area contributed by atoms with Gasteiger partial charge >= 0.3 is 11.7 Å².